The van der Waals surface area contributed by atoms with Crippen molar-refractivity contribution in [3.63, 3.8) is 0 Å². The van der Waals surface area contributed by atoms with Crippen LogP contribution < -0.4 is 15.0 Å². The Bertz CT molecular complexity index is 1180. The van der Waals surface area contributed by atoms with Crippen molar-refractivity contribution in [1.29, 1.82) is 0 Å². The van der Waals surface area contributed by atoms with E-state index in [0.717, 1.165) is 59.2 Å². The topological polar surface area (TPSA) is 71.5 Å². The molecule has 31 heavy (non-hydrogen) atoms. The van der Waals surface area contributed by atoms with Crippen molar-refractivity contribution in [3.8, 4) is 5.75 Å². The van der Waals surface area contributed by atoms with E-state index < -0.39 is 0 Å². The number of fused-ring (bicyclic) bond motifs is 1. The van der Waals surface area contributed by atoms with Crippen LogP contribution in [0.2, 0.25) is 0 Å². The van der Waals surface area contributed by atoms with Crippen molar-refractivity contribution in [2.75, 3.05) is 18.1 Å². The van der Waals surface area contributed by atoms with Gasteiger partial charge in [-0.1, -0.05) is 30.3 Å². The summed E-state index contributed by atoms with van der Waals surface area (Å²) in [5.41, 5.74) is 1.86. The monoisotopic (exact) mass is 431 g/mol. The third-order valence-corrected chi connectivity index (χ3v) is 6.33. The molecule has 7 heteroatoms. The molecule has 6 nitrogen and oxygen atoms in total. The first-order valence-corrected chi connectivity index (χ1v) is 11.1. The Kier molecular flexibility index (Phi) is 5.34. The smallest absolute Gasteiger partial charge is 0.290 e. The van der Waals surface area contributed by atoms with Crippen molar-refractivity contribution >= 4 is 45.7 Å². The molecule has 3 heterocycles. The second-order valence-electron chi connectivity index (χ2n) is 7.58. The number of imide groups is 1. The first kappa shape index (κ1) is 19.6. The number of amides is 2. The number of hydrogen-bond donors (Lipinski definition) is 1. The summed E-state index contributed by atoms with van der Waals surface area (Å²) in [6.07, 6.45) is 3.89. The van der Waals surface area contributed by atoms with Gasteiger partial charge in [-0.3, -0.25) is 14.9 Å². The number of rotatable bonds is 5. The lowest BCUT2D eigenvalue weighted by molar-refractivity contribution is -0.115. The number of benzene rings is 2. The molecule has 0 aliphatic carbocycles. The zero-order valence-electron chi connectivity index (χ0n) is 16.8. The predicted molar refractivity (Wildman–Crippen MR) is 123 cm³/mol. The first-order chi connectivity index (χ1) is 15.2. The molecule has 2 aliphatic heterocycles. The SMILES string of the molecule is O=C1NC(=O)/C(=C/c2ccc(OCC3CCCN3c3ccc4ccccc4n3)cc2)S1. The number of nitrogens with zero attached hydrogens (tertiary/aromatic N) is 2. The molecule has 1 N–H and O–H groups in total. The summed E-state index contributed by atoms with van der Waals surface area (Å²) >= 11 is 0.917. The molecule has 2 fully saturated rings. The molecule has 0 spiro atoms. The molecule has 1 aromatic heterocycles. The number of para-hydroxylation sites is 1. The molecule has 156 valence electrons. The normalized spacial score (nSPS) is 19.9. The van der Waals surface area contributed by atoms with Gasteiger partial charge in [-0.15, -0.1) is 0 Å². The number of aromatic nitrogens is 1. The zero-order chi connectivity index (χ0) is 21.2. The predicted octanol–water partition coefficient (Wildman–Crippen LogP) is 4.61. The van der Waals surface area contributed by atoms with Crippen molar-refractivity contribution in [1.82, 2.24) is 10.3 Å². The largest absolute Gasteiger partial charge is 0.491 e. The number of ether oxygens (including phenoxy) is 1. The second kappa shape index (κ2) is 8.43. The maximum Gasteiger partial charge on any atom is 0.290 e. The zero-order valence-corrected chi connectivity index (χ0v) is 17.6. The molecule has 2 saturated heterocycles. The van der Waals surface area contributed by atoms with Gasteiger partial charge >= 0.3 is 0 Å². The van der Waals surface area contributed by atoms with E-state index in [2.05, 4.69) is 28.4 Å². The van der Waals surface area contributed by atoms with Crippen molar-refractivity contribution < 1.29 is 14.3 Å². The number of carbonyl (C=O) groups is 2. The summed E-state index contributed by atoms with van der Waals surface area (Å²) in [6, 6.07) is 20.2. The second-order valence-corrected chi connectivity index (χ2v) is 8.60. The molecule has 0 radical (unpaired) electrons. The van der Waals surface area contributed by atoms with Crippen LogP contribution in [0.3, 0.4) is 0 Å². The van der Waals surface area contributed by atoms with Gasteiger partial charge in [-0.2, -0.15) is 0 Å². The van der Waals surface area contributed by atoms with Crippen molar-refractivity contribution in [2.45, 2.75) is 18.9 Å². The van der Waals surface area contributed by atoms with Gasteiger partial charge in [0.2, 0.25) is 0 Å². The van der Waals surface area contributed by atoms with Gasteiger partial charge < -0.3 is 9.64 Å². The summed E-state index contributed by atoms with van der Waals surface area (Å²) < 4.78 is 6.06. The van der Waals surface area contributed by atoms with E-state index in [0.29, 0.717) is 11.5 Å². The van der Waals surface area contributed by atoms with Gasteiger partial charge in [0.15, 0.2) is 0 Å². The Morgan fingerprint density at radius 2 is 1.94 bits per heavy atom. The Balaban J connectivity index is 1.24. The maximum atomic E-state index is 11.7. The van der Waals surface area contributed by atoms with E-state index in [1.165, 1.54) is 0 Å². The van der Waals surface area contributed by atoms with Crippen LogP contribution in [-0.2, 0) is 4.79 Å². The highest BCUT2D eigenvalue weighted by Gasteiger charge is 2.27. The van der Waals surface area contributed by atoms with Crippen LogP contribution in [0.4, 0.5) is 10.6 Å². The van der Waals surface area contributed by atoms with E-state index >= 15 is 0 Å². The molecule has 5 rings (SSSR count). The Labute approximate surface area is 184 Å². The standard InChI is InChI=1S/C24H21N3O3S/c28-23-21(31-24(29)26-23)14-16-7-10-19(11-8-16)30-15-18-5-3-13-27(18)22-12-9-17-4-1-2-6-20(17)25-22/h1-2,4,6-12,14,18H,3,5,13,15H2,(H,26,28,29)/b21-14-. The fourth-order valence-corrected chi connectivity index (χ4v) is 4.63. The number of anilines is 1. The van der Waals surface area contributed by atoms with E-state index in [4.69, 9.17) is 9.72 Å². The van der Waals surface area contributed by atoms with E-state index in [1.54, 1.807) is 6.08 Å². The minimum atomic E-state index is -0.348. The quantitative estimate of drug-likeness (QED) is 0.595. The van der Waals surface area contributed by atoms with E-state index in [1.807, 2.05) is 42.5 Å². The van der Waals surface area contributed by atoms with Crippen LogP contribution in [0.15, 0.2) is 65.6 Å². The van der Waals surface area contributed by atoms with E-state index in [9.17, 15) is 9.59 Å². The molecular formula is C24H21N3O3S. The molecule has 0 bridgehead atoms. The number of thioether (sulfide) groups is 1. The molecule has 1 atom stereocenters. The molecule has 0 saturated carbocycles. The lowest BCUT2D eigenvalue weighted by atomic mass is 10.2. The van der Waals surface area contributed by atoms with Crippen LogP contribution in [0, 0.1) is 0 Å². The number of hydrogen-bond acceptors (Lipinski definition) is 6. The van der Waals surface area contributed by atoms with Crippen LogP contribution >= 0.6 is 11.8 Å². The Morgan fingerprint density at radius 1 is 1.10 bits per heavy atom. The average Bonchev–Trinajstić information content (AvgIpc) is 3.38. The Morgan fingerprint density at radius 3 is 2.74 bits per heavy atom. The average molecular weight is 432 g/mol. The highest BCUT2D eigenvalue weighted by Crippen LogP contribution is 2.28. The highest BCUT2D eigenvalue weighted by atomic mass is 32.2. The van der Waals surface area contributed by atoms with E-state index in [-0.39, 0.29) is 17.2 Å². The molecule has 2 aliphatic rings. The van der Waals surface area contributed by atoms with Crippen molar-refractivity contribution in [2.24, 2.45) is 0 Å². The van der Waals surface area contributed by atoms with Gasteiger partial charge in [0.1, 0.15) is 18.2 Å². The molecule has 3 aromatic rings. The van der Waals surface area contributed by atoms with Gasteiger partial charge in [0, 0.05) is 11.9 Å². The summed E-state index contributed by atoms with van der Waals surface area (Å²) in [7, 11) is 0. The summed E-state index contributed by atoms with van der Waals surface area (Å²) in [4.78, 5) is 30.5. The Hall–Kier alpha value is -3.32. The number of carbonyl (C=O) groups excluding carboxylic acids is 2. The molecule has 1 unspecified atom stereocenters. The summed E-state index contributed by atoms with van der Waals surface area (Å²) in [5, 5.41) is 3.07. The fraction of sp³-hybridized carbons (Fsp3) is 0.208. The molecule has 2 aromatic carbocycles. The highest BCUT2D eigenvalue weighted by molar-refractivity contribution is 8.18. The fourth-order valence-electron chi connectivity index (χ4n) is 3.95. The lowest BCUT2D eigenvalue weighted by Gasteiger charge is -2.26. The first-order valence-electron chi connectivity index (χ1n) is 10.3. The third kappa shape index (κ3) is 4.27. The van der Waals surface area contributed by atoms with Crippen molar-refractivity contribution in [3.05, 3.63) is 71.1 Å². The number of nitrogens with one attached hydrogen (secondary N) is 1. The van der Waals surface area contributed by atoms with Gasteiger partial charge in [-0.05, 0) is 66.6 Å². The van der Waals surface area contributed by atoms with Crippen LogP contribution in [-0.4, -0.2) is 35.3 Å². The minimum Gasteiger partial charge on any atom is -0.491 e. The molecule has 2 amide bonds. The number of pyridine rings is 1. The third-order valence-electron chi connectivity index (χ3n) is 5.52. The lowest BCUT2D eigenvalue weighted by Crippen LogP contribution is -2.34. The van der Waals surface area contributed by atoms with Crippen LogP contribution in [0.1, 0.15) is 18.4 Å². The van der Waals surface area contributed by atoms with Gasteiger partial charge in [0.25, 0.3) is 11.1 Å². The van der Waals surface area contributed by atoms with Crippen LogP contribution in [0.25, 0.3) is 17.0 Å². The van der Waals surface area contributed by atoms with Gasteiger partial charge in [0.05, 0.1) is 16.5 Å². The summed E-state index contributed by atoms with van der Waals surface area (Å²) in [6.45, 7) is 1.56. The minimum absolute atomic E-state index is 0.278. The molecular weight excluding hydrogens is 410 g/mol. The van der Waals surface area contributed by atoms with Crippen LogP contribution in [0.5, 0.6) is 5.75 Å². The summed E-state index contributed by atoms with van der Waals surface area (Å²) in [5.74, 6) is 1.42. The maximum absolute atomic E-state index is 11.7. The van der Waals surface area contributed by atoms with Gasteiger partial charge in [-0.25, -0.2) is 4.98 Å².